The van der Waals surface area contributed by atoms with Crippen LogP contribution in [-0.4, -0.2) is 20.5 Å². The fourth-order valence-electron chi connectivity index (χ4n) is 0.630. The van der Waals surface area contributed by atoms with Gasteiger partial charge < -0.3 is 0 Å². The van der Waals surface area contributed by atoms with Crippen molar-refractivity contribution in [3.05, 3.63) is 24.8 Å². The number of hydrogen-bond donors (Lipinski definition) is 0. The maximum absolute atomic E-state index is 6.10. The third-order valence-electron chi connectivity index (χ3n) is 1.81. The van der Waals surface area contributed by atoms with Crippen molar-refractivity contribution in [3.8, 4) is 0 Å². The molecule has 0 saturated carbocycles. The van der Waals surface area contributed by atoms with Gasteiger partial charge in [-0.3, -0.25) is 0 Å². The fraction of sp³-hybridized carbons (Fsp3) is 0.600. The molecule has 0 amide bonds. The van der Waals surface area contributed by atoms with E-state index in [-0.39, 0.29) is 5.38 Å². The van der Waals surface area contributed by atoms with E-state index in [4.69, 9.17) is 34.8 Å². The van der Waals surface area contributed by atoms with Crippen molar-refractivity contribution in [3.63, 3.8) is 0 Å². The first-order chi connectivity index (χ1) is 6.25. The summed E-state index contributed by atoms with van der Waals surface area (Å²) in [5.74, 6) is 0. The summed E-state index contributed by atoms with van der Waals surface area (Å²) in [5, 5.41) is 0.341. The summed E-state index contributed by atoms with van der Waals surface area (Å²) in [4.78, 5) is -1.07. The highest BCUT2D eigenvalue weighted by molar-refractivity contribution is 9.09. The lowest BCUT2D eigenvalue weighted by molar-refractivity contribution is 0.791. The third kappa shape index (κ3) is 5.06. The summed E-state index contributed by atoms with van der Waals surface area (Å²) >= 11 is 21.6. The van der Waals surface area contributed by atoms with E-state index in [0.717, 1.165) is 0 Å². The van der Waals surface area contributed by atoms with Crippen LogP contribution in [0.5, 0.6) is 0 Å². The zero-order chi connectivity index (χ0) is 11.4. The summed E-state index contributed by atoms with van der Waals surface area (Å²) in [5.41, 5.74) is 0. The van der Waals surface area contributed by atoms with Gasteiger partial charge in [0.2, 0.25) is 0 Å². The van der Waals surface area contributed by atoms with E-state index in [9.17, 15) is 0 Å². The lowest BCUT2D eigenvalue weighted by Gasteiger charge is -2.22. The molecule has 3 unspecified atom stereocenters. The molecule has 0 N–H and O–H groups in total. The predicted octanol–water partition coefficient (Wildman–Crippen LogP) is 4.73. The molecule has 14 heavy (non-hydrogen) atoms. The molecule has 0 spiro atoms. The number of allylic oxidation sites excluding steroid dienone is 3. The van der Waals surface area contributed by atoms with Gasteiger partial charge in [-0.2, -0.15) is 0 Å². The minimum atomic E-state index is -0.642. The fourth-order valence-corrected chi connectivity index (χ4v) is 1.12. The van der Waals surface area contributed by atoms with Crippen molar-refractivity contribution in [2.24, 2.45) is 0 Å². The summed E-state index contributed by atoms with van der Waals surface area (Å²) < 4.78 is 0. The summed E-state index contributed by atoms with van der Waals surface area (Å²) in [6, 6.07) is 0. The first-order valence-corrected chi connectivity index (χ1v) is 6.47. The van der Waals surface area contributed by atoms with Crippen molar-refractivity contribution >= 4 is 50.7 Å². The maximum Gasteiger partial charge on any atom is 0.0793 e. The van der Waals surface area contributed by atoms with Crippen molar-refractivity contribution in [2.75, 3.05) is 5.33 Å². The van der Waals surface area contributed by atoms with E-state index in [1.807, 2.05) is 19.9 Å². The molecule has 0 aliphatic carbocycles. The van der Waals surface area contributed by atoms with Crippen LogP contribution >= 0.6 is 50.7 Å². The van der Waals surface area contributed by atoms with Gasteiger partial charge in [-0.25, -0.2) is 0 Å². The summed E-state index contributed by atoms with van der Waals surface area (Å²) in [7, 11) is 0. The molecule has 82 valence electrons. The van der Waals surface area contributed by atoms with E-state index in [0.29, 0.717) is 5.33 Å². The minimum absolute atomic E-state index is 0.321. The highest BCUT2D eigenvalue weighted by Crippen LogP contribution is 2.28. The van der Waals surface area contributed by atoms with Crippen LogP contribution in [0, 0.1) is 0 Å². The Morgan fingerprint density at radius 1 is 1.43 bits per heavy atom. The Morgan fingerprint density at radius 3 is 2.29 bits per heavy atom. The third-order valence-corrected chi connectivity index (χ3v) is 4.66. The second-order valence-electron chi connectivity index (χ2n) is 3.53. The first kappa shape index (κ1) is 14.8. The molecule has 4 heteroatoms. The van der Waals surface area contributed by atoms with Crippen LogP contribution in [0.3, 0.4) is 0 Å². The van der Waals surface area contributed by atoms with Gasteiger partial charge in [-0.05, 0) is 13.8 Å². The molecule has 0 nitrogen and oxygen atoms in total. The highest BCUT2D eigenvalue weighted by atomic mass is 79.9. The van der Waals surface area contributed by atoms with Crippen LogP contribution in [-0.2, 0) is 0 Å². The lowest BCUT2D eigenvalue weighted by atomic mass is 10.0. The number of hydrogen-bond acceptors (Lipinski definition) is 0. The number of rotatable bonds is 5. The van der Waals surface area contributed by atoms with E-state index in [1.54, 1.807) is 12.2 Å². The van der Waals surface area contributed by atoms with Crippen LogP contribution < -0.4 is 0 Å². The zero-order valence-electron chi connectivity index (χ0n) is 8.24. The molecule has 0 aromatic rings. The molecule has 0 aliphatic heterocycles. The van der Waals surface area contributed by atoms with Gasteiger partial charge in [0.15, 0.2) is 0 Å². The monoisotopic (exact) mass is 318 g/mol. The largest absolute Gasteiger partial charge is 0.116 e. The Labute approximate surface area is 109 Å². The second kappa shape index (κ2) is 5.79. The molecule has 0 aliphatic rings. The second-order valence-corrected chi connectivity index (χ2v) is 6.24. The van der Waals surface area contributed by atoms with E-state index >= 15 is 0 Å². The Hall–Kier alpha value is 0.830. The van der Waals surface area contributed by atoms with Crippen molar-refractivity contribution in [2.45, 2.75) is 29.0 Å². The van der Waals surface area contributed by atoms with E-state index in [1.165, 1.54) is 0 Å². The Balaban J connectivity index is 4.46. The number of halogens is 4. The standard InChI is InChI=1S/C10H14BrCl3/c1-4-10(3,14)8(12)5-6-9(2,13)7-11/h4-6,8H,1,7H2,2-3H3. The summed E-state index contributed by atoms with van der Waals surface area (Å²) in [6.07, 6.45) is 5.26. The molecule has 0 bridgehead atoms. The van der Waals surface area contributed by atoms with Gasteiger partial charge in [-0.1, -0.05) is 34.2 Å². The van der Waals surface area contributed by atoms with Crippen LogP contribution in [0.25, 0.3) is 0 Å². The Kier molecular flexibility index (Phi) is 6.13. The minimum Gasteiger partial charge on any atom is -0.116 e. The number of alkyl halides is 4. The molecule has 3 atom stereocenters. The average molecular weight is 320 g/mol. The SMILES string of the molecule is C=CC(C)(Cl)C(Cl)C=CC(C)(Cl)CBr. The topological polar surface area (TPSA) is 0 Å². The van der Waals surface area contributed by atoms with Crippen LogP contribution in [0.15, 0.2) is 24.8 Å². The van der Waals surface area contributed by atoms with Gasteiger partial charge in [0, 0.05) is 5.33 Å². The van der Waals surface area contributed by atoms with Crippen molar-refractivity contribution in [1.82, 2.24) is 0 Å². The zero-order valence-corrected chi connectivity index (χ0v) is 12.1. The Bertz CT molecular complexity index is 221. The molecular weight excluding hydrogens is 306 g/mol. The molecule has 0 heterocycles. The predicted molar refractivity (Wildman–Crippen MR) is 71.3 cm³/mol. The van der Waals surface area contributed by atoms with Gasteiger partial charge in [0.05, 0.1) is 15.1 Å². The van der Waals surface area contributed by atoms with Crippen LogP contribution in [0.1, 0.15) is 13.8 Å². The summed E-state index contributed by atoms with van der Waals surface area (Å²) in [6.45, 7) is 7.33. The van der Waals surface area contributed by atoms with E-state index in [2.05, 4.69) is 22.5 Å². The molecule has 0 saturated heterocycles. The molecule has 0 radical (unpaired) electrons. The van der Waals surface area contributed by atoms with Gasteiger partial charge in [0.25, 0.3) is 0 Å². The van der Waals surface area contributed by atoms with Crippen LogP contribution in [0.2, 0.25) is 0 Å². The molecule has 0 aromatic heterocycles. The molecule has 0 aromatic carbocycles. The first-order valence-electron chi connectivity index (χ1n) is 4.16. The van der Waals surface area contributed by atoms with Gasteiger partial charge >= 0.3 is 0 Å². The lowest BCUT2D eigenvalue weighted by Crippen LogP contribution is -2.25. The van der Waals surface area contributed by atoms with E-state index < -0.39 is 9.75 Å². The molecular formula is C10H14BrCl3. The maximum atomic E-state index is 6.10. The quantitative estimate of drug-likeness (QED) is 0.507. The van der Waals surface area contributed by atoms with Gasteiger partial charge in [-0.15, -0.1) is 41.4 Å². The molecule has 0 fully saturated rings. The molecule has 0 rings (SSSR count). The normalized spacial score (nSPS) is 22.7. The van der Waals surface area contributed by atoms with Crippen LogP contribution in [0.4, 0.5) is 0 Å². The smallest absolute Gasteiger partial charge is 0.0793 e. The highest BCUT2D eigenvalue weighted by Gasteiger charge is 2.26. The Morgan fingerprint density at radius 2 is 1.93 bits per heavy atom. The van der Waals surface area contributed by atoms with Gasteiger partial charge in [0.1, 0.15) is 0 Å². The van der Waals surface area contributed by atoms with Crippen molar-refractivity contribution in [1.29, 1.82) is 0 Å². The average Bonchev–Trinajstić information content (AvgIpc) is 2.14. The van der Waals surface area contributed by atoms with Crippen molar-refractivity contribution < 1.29 is 0 Å².